The lowest BCUT2D eigenvalue weighted by molar-refractivity contribution is -0.133. The van der Waals surface area contributed by atoms with Crippen molar-refractivity contribution in [3.8, 4) is 0 Å². The van der Waals surface area contributed by atoms with Gasteiger partial charge >= 0.3 is 0 Å². The van der Waals surface area contributed by atoms with E-state index in [1.165, 1.54) is 4.90 Å². The van der Waals surface area contributed by atoms with Crippen molar-refractivity contribution in [2.45, 2.75) is 45.8 Å². The van der Waals surface area contributed by atoms with Gasteiger partial charge in [0.05, 0.1) is 5.60 Å². The molecule has 0 aromatic carbocycles. The first-order valence-electron chi connectivity index (χ1n) is 5.35. The van der Waals surface area contributed by atoms with Gasteiger partial charge in [0, 0.05) is 26.1 Å². The second-order valence-electron chi connectivity index (χ2n) is 5.17. The number of likely N-dealkylation sites (N-methyl/N-ethyl adjacent to an activating group) is 1. The molecule has 15 heavy (non-hydrogen) atoms. The normalized spacial score (nSPS) is 14.1. The summed E-state index contributed by atoms with van der Waals surface area (Å²) in [6, 6.07) is -0.109. The summed E-state index contributed by atoms with van der Waals surface area (Å²) < 4.78 is 0. The van der Waals surface area contributed by atoms with Crippen LogP contribution >= 0.6 is 0 Å². The van der Waals surface area contributed by atoms with E-state index in [4.69, 9.17) is 5.73 Å². The quantitative estimate of drug-likeness (QED) is 0.707. The molecular weight excluding hydrogens is 192 g/mol. The minimum atomic E-state index is -0.855. The Hall–Kier alpha value is -0.610. The molecule has 0 aromatic heterocycles. The van der Waals surface area contributed by atoms with Gasteiger partial charge in [-0.1, -0.05) is 13.8 Å². The van der Waals surface area contributed by atoms with E-state index in [0.29, 0.717) is 18.9 Å². The molecule has 0 heterocycles. The van der Waals surface area contributed by atoms with Gasteiger partial charge in [0.25, 0.3) is 0 Å². The lowest BCUT2D eigenvalue weighted by Crippen LogP contribution is -2.42. The molecule has 4 nitrogen and oxygen atoms in total. The zero-order valence-electron chi connectivity index (χ0n) is 10.4. The number of nitrogens with zero attached hydrogens (tertiary/aromatic N) is 1. The monoisotopic (exact) mass is 216 g/mol. The van der Waals surface area contributed by atoms with Crippen molar-refractivity contribution in [1.29, 1.82) is 0 Å². The average molecular weight is 216 g/mol. The van der Waals surface area contributed by atoms with Crippen molar-refractivity contribution in [2.75, 3.05) is 13.6 Å². The third-order valence-corrected chi connectivity index (χ3v) is 2.32. The maximum absolute atomic E-state index is 11.7. The highest BCUT2D eigenvalue weighted by Crippen LogP contribution is 2.08. The van der Waals surface area contributed by atoms with Crippen molar-refractivity contribution in [2.24, 2.45) is 11.7 Å². The third-order valence-electron chi connectivity index (χ3n) is 2.32. The zero-order chi connectivity index (χ0) is 12.2. The first kappa shape index (κ1) is 14.4. The largest absolute Gasteiger partial charge is 0.389 e. The molecule has 0 rings (SSSR count). The summed E-state index contributed by atoms with van der Waals surface area (Å²) >= 11 is 0. The first-order chi connectivity index (χ1) is 6.63. The summed E-state index contributed by atoms with van der Waals surface area (Å²) in [5, 5.41) is 9.56. The third kappa shape index (κ3) is 6.47. The van der Waals surface area contributed by atoms with Crippen LogP contribution in [-0.4, -0.2) is 41.1 Å². The molecule has 0 aromatic rings. The highest BCUT2D eigenvalue weighted by Gasteiger charge is 2.21. The number of carbonyl (C=O) groups is 1. The number of rotatable bonds is 5. The predicted molar refractivity (Wildman–Crippen MR) is 61.4 cm³/mol. The van der Waals surface area contributed by atoms with Crippen molar-refractivity contribution < 1.29 is 9.90 Å². The Morgan fingerprint density at radius 2 is 1.93 bits per heavy atom. The maximum Gasteiger partial charge on any atom is 0.223 e. The van der Waals surface area contributed by atoms with Gasteiger partial charge in [0.15, 0.2) is 0 Å². The standard InChI is InChI=1S/C11H24N2O2/c1-8(2)9(12)6-10(14)13(5)7-11(3,4)15/h8-9,15H,6-7,12H2,1-5H3. The van der Waals surface area contributed by atoms with Gasteiger partial charge in [-0.2, -0.15) is 0 Å². The first-order valence-corrected chi connectivity index (χ1v) is 5.35. The van der Waals surface area contributed by atoms with Crippen LogP contribution in [-0.2, 0) is 4.79 Å². The van der Waals surface area contributed by atoms with E-state index in [1.807, 2.05) is 13.8 Å². The number of aliphatic hydroxyl groups is 1. The van der Waals surface area contributed by atoms with E-state index in [2.05, 4.69) is 0 Å². The topological polar surface area (TPSA) is 66.6 Å². The fraction of sp³-hybridized carbons (Fsp3) is 0.909. The van der Waals surface area contributed by atoms with Crippen molar-refractivity contribution in [1.82, 2.24) is 4.90 Å². The molecule has 0 saturated heterocycles. The number of hydrogen-bond donors (Lipinski definition) is 2. The summed E-state index contributed by atoms with van der Waals surface area (Å²) in [5.41, 5.74) is 4.95. The number of hydrogen-bond acceptors (Lipinski definition) is 3. The van der Waals surface area contributed by atoms with Gasteiger partial charge in [-0.15, -0.1) is 0 Å². The molecule has 3 N–H and O–H groups in total. The molecule has 0 bridgehead atoms. The Balaban J connectivity index is 4.11. The second-order valence-corrected chi connectivity index (χ2v) is 5.17. The fourth-order valence-electron chi connectivity index (χ4n) is 1.26. The molecular formula is C11H24N2O2. The molecule has 1 amide bonds. The van der Waals surface area contributed by atoms with Crippen LogP contribution in [0.3, 0.4) is 0 Å². The molecule has 0 aliphatic rings. The molecule has 4 heteroatoms. The summed E-state index contributed by atoms with van der Waals surface area (Å²) in [5.74, 6) is 0.280. The van der Waals surface area contributed by atoms with Crippen molar-refractivity contribution in [3.05, 3.63) is 0 Å². The minimum Gasteiger partial charge on any atom is -0.389 e. The van der Waals surface area contributed by atoms with Gasteiger partial charge in [0.2, 0.25) is 5.91 Å². The highest BCUT2D eigenvalue weighted by atomic mass is 16.3. The van der Waals surface area contributed by atoms with E-state index in [9.17, 15) is 9.90 Å². The number of nitrogens with two attached hydrogens (primary N) is 1. The van der Waals surface area contributed by atoms with E-state index in [0.717, 1.165) is 0 Å². The van der Waals surface area contributed by atoms with Crippen LogP contribution in [0.4, 0.5) is 0 Å². The predicted octanol–water partition coefficient (Wildman–Crippen LogP) is 0.589. The molecule has 0 radical (unpaired) electrons. The molecule has 0 fully saturated rings. The highest BCUT2D eigenvalue weighted by molar-refractivity contribution is 5.76. The van der Waals surface area contributed by atoms with Gasteiger partial charge < -0.3 is 15.7 Å². The van der Waals surface area contributed by atoms with E-state index in [1.54, 1.807) is 20.9 Å². The SMILES string of the molecule is CC(C)C(N)CC(=O)N(C)CC(C)(C)O. The Morgan fingerprint density at radius 3 is 2.27 bits per heavy atom. The number of amides is 1. The Morgan fingerprint density at radius 1 is 1.47 bits per heavy atom. The Kier molecular flexibility index (Phi) is 5.24. The molecule has 1 unspecified atom stereocenters. The van der Waals surface area contributed by atoms with Crippen LogP contribution in [0.5, 0.6) is 0 Å². The lowest BCUT2D eigenvalue weighted by Gasteiger charge is -2.27. The Labute approximate surface area is 92.4 Å². The van der Waals surface area contributed by atoms with Crippen molar-refractivity contribution in [3.63, 3.8) is 0 Å². The van der Waals surface area contributed by atoms with Crippen LogP contribution in [0.15, 0.2) is 0 Å². The molecule has 0 aliphatic carbocycles. The zero-order valence-corrected chi connectivity index (χ0v) is 10.4. The van der Waals surface area contributed by atoms with E-state index in [-0.39, 0.29) is 11.9 Å². The fourth-order valence-corrected chi connectivity index (χ4v) is 1.26. The average Bonchev–Trinajstić information content (AvgIpc) is 2.00. The summed E-state index contributed by atoms with van der Waals surface area (Å²) in [4.78, 5) is 13.2. The van der Waals surface area contributed by atoms with Gasteiger partial charge in [-0.05, 0) is 19.8 Å². The molecule has 0 saturated carbocycles. The molecule has 0 aliphatic heterocycles. The second kappa shape index (κ2) is 5.47. The Bertz CT molecular complexity index is 209. The molecule has 0 spiro atoms. The summed E-state index contributed by atoms with van der Waals surface area (Å²) in [6.45, 7) is 7.68. The van der Waals surface area contributed by atoms with Crippen LogP contribution in [0, 0.1) is 5.92 Å². The molecule has 90 valence electrons. The minimum absolute atomic E-state index is 0.0154. The maximum atomic E-state index is 11.7. The lowest BCUT2D eigenvalue weighted by atomic mass is 10.0. The van der Waals surface area contributed by atoms with Crippen LogP contribution in [0.25, 0.3) is 0 Å². The summed E-state index contributed by atoms with van der Waals surface area (Å²) in [6.07, 6.45) is 0.338. The van der Waals surface area contributed by atoms with Crippen LogP contribution in [0.1, 0.15) is 34.1 Å². The van der Waals surface area contributed by atoms with E-state index < -0.39 is 5.60 Å². The van der Waals surface area contributed by atoms with Gasteiger partial charge in [0.1, 0.15) is 0 Å². The van der Waals surface area contributed by atoms with Crippen LogP contribution < -0.4 is 5.73 Å². The molecule has 1 atom stereocenters. The van der Waals surface area contributed by atoms with Crippen LogP contribution in [0.2, 0.25) is 0 Å². The van der Waals surface area contributed by atoms with Crippen molar-refractivity contribution >= 4 is 5.91 Å². The summed E-state index contributed by atoms with van der Waals surface area (Å²) in [7, 11) is 1.69. The van der Waals surface area contributed by atoms with Gasteiger partial charge in [-0.25, -0.2) is 0 Å². The number of carbonyl (C=O) groups excluding carboxylic acids is 1. The van der Waals surface area contributed by atoms with E-state index >= 15 is 0 Å². The van der Waals surface area contributed by atoms with Gasteiger partial charge in [-0.3, -0.25) is 4.79 Å². The smallest absolute Gasteiger partial charge is 0.223 e.